The largest absolute Gasteiger partial charge is 0.477 e. The van der Waals surface area contributed by atoms with Crippen LogP contribution in [0, 0.1) is 0 Å². The molecule has 1 aliphatic rings. The zero-order valence-electron chi connectivity index (χ0n) is 11.3. The second-order valence-electron chi connectivity index (χ2n) is 4.70. The van der Waals surface area contributed by atoms with Crippen LogP contribution in [0.1, 0.15) is 20.4 Å². The summed E-state index contributed by atoms with van der Waals surface area (Å²) in [4.78, 5) is 20.4. The number of ether oxygens (including phenoxy) is 1. The monoisotopic (exact) mass is 285 g/mol. The predicted molar refractivity (Wildman–Crippen MR) is 72.6 cm³/mol. The van der Waals surface area contributed by atoms with Crippen LogP contribution >= 0.6 is 11.3 Å². The highest BCUT2D eigenvalue weighted by Crippen LogP contribution is 2.21. The number of hydrogen-bond donors (Lipinski definition) is 1. The van der Waals surface area contributed by atoms with E-state index in [-0.39, 0.29) is 6.61 Å². The molecule has 1 saturated heterocycles. The Balaban J connectivity index is 2.04. The molecule has 6 nitrogen and oxygen atoms in total. The van der Waals surface area contributed by atoms with Crippen LogP contribution in [0.15, 0.2) is 0 Å². The molecule has 19 heavy (non-hydrogen) atoms. The molecule has 1 N–H and O–H groups in total. The molecular formula is C12H19N3O3S. The van der Waals surface area contributed by atoms with E-state index in [0.717, 1.165) is 37.7 Å². The van der Waals surface area contributed by atoms with Crippen molar-refractivity contribution in [3.05, 3.63) is 15.6 Å². The quantitative estimate of drug-likeness (QED) is 0.860. The summed E-state index contributed by atoms with van der Waals surface area (Å²) in [6.45, 7) is 5.06. The molecule has 0 saturated carbocycles. The van der Waals surface area contributed by atoms with Gasteiger partial charge in [0.2, 0.25) is 0 Å². The van der Waals surface area contributed by atoms with Gasteiger partial charge < -0.3 is 14.7 Å². The van der Waals surface area contributed by atoms with Gasteiger partial charge >= 0.3 is 5.97 Å². The van der Waals surface area contributed by atoms with Crippen molar-refractivity contribution >= 4 is 17.3 Å². The summed E-state index contributed by atoms with van der Waals surface area (Å²) in [5.41, 5.74) is 0.532. The average molecular weight is 285 g/mol. The van der Waals surface area contributed by atoms with Crippen LogP contribution in [0.4, 0.5) is 0 Å². The van der Waals surface area contributed by atoms with Gasteiger partial charge in [-0.3, -0.25) is 4.90 Å². The molecule has 0 spiro atoms. The van der Waals surface area contributed by atoms with Gasteiger partial charge in [-0.15, -0.1) is 11.3 Å². The van der Waals surface area contributed by atoms with E-state index in [1.165, 1.54) is 11.3 Å². The Kier molecular flexibility index (Phi) is 4.87. The number of aromatic carboxylic acids is 1. The Morgan fingerprint density at radius 3 is 2.68 bits per heavy atom. The number of carboxylic acids is 1. The molecule has 0 unspecified atom stereocenters. The number of carboxylic acid groups (broad SMARTS) is 1. The van der Waals surface area contributed by atoms with Crippen LogP contribution in [0.2, 0.25) is 0 Å². The number of nitrogens with zero attached hydrogens (tertiary/aromatic N) is 3. The van der Waals surface area contributed by atoms with E-state index >= 15 is 0 Å². The zero-order valence-corrected chi connectivity index (χ0v) is 12.1. The molecule has 106 valence electrons. The fraction of sp³-hybridized carbons (Fsp3) is 0.667. The minimum Gasteiger partial charge on any atom is -0.477 e. The van der Waals surface area contributed by atoms with E-state index < -0.39 is 5.97 Å². The highest BCUT2D eigenvalue weighted by atomic mass is 32.1. The standard InChI is InChI=1S/C12H19N3O3S/c1-14-3-5-15(6-4-14)7-10-13-9(8-18-2)11(19-10)12(16)17/h3-8H2,1-2H3,(H,16,17). The summed E-state index contributed by atoms with van der Waals surface area (Å²) in [6, 6.07) is 0. The van der Waals surface area contributed by atoms with E-state index in [1.807, 2.05) is 0 Å². The molecule has 0 amide bonds. The first-order valence-corrected chi connectivity index (χ1v) is 7.03. The third-order valence-corrected chi connectivity index (χ3v) is 4.24. The number of piperazine rings is 1. The fourth-order valence-corrected chi connectivity index (χ4v) is 3.02. The maximum atomic E-state index is 11.1. The molecule has 0 aliphatic carbocycles. The average Bonchev–Trinajstić information content (AvgIpc) is 2.76. The lowest BCUT2D eigenvalue weighted by Gasteiger charge is -2.31. The smallest absolute Gasteiger partial charge is 0.347 e. The predicted octanol–water partition coefficient (Wildman–Crippen LogP) is 0.735. The SMILES string of the molecule is COCc1nc(CN2CCN(C)CC2)sc1C(=O)O. The van der Waals surface area contributed by atoms with E-state index in [1.54, 1.807) is 7.11 Å². The minimum absolute atomic E-state index is 0.251. The van der Waals surface area contributed by atoms with Gasteiger partial charge in [0.05, 0.1) is 18.8 Å². The van der Waals surface area contributed by atoms with Crippen molar-refractivity contribution in [2.24, 2.45) is 0 Å². The second-order valence-corrected chi connectivity index (χ2v) is 5.78. The van der Waals surface area contributed by atoms with Crippen molar-refractivity contribution in [2.75, 3.05) is 40.3 Å². The molecule has 1 aromatic rings. The Morgan fingerprint density at radius 1 is 1.42 bits per heavy atom. The van der Waals surface area contributed by atoms with Crippen molar-refractivity contribution in [3.8, 4) is 0 Å². The fourth-order valence-electron chi connectivity index (χ4n) is 2.07. The maximum Gasteiger partial charge on any atom is 0.347 e. The number of carbonyl (C=O) groups is 1. The first-order valence-electron chi connectivity index (χ1n) is 6.22. The number of thiazole rings is 1. The summed E-state index contributed by atoms with van der Waals surface area (Å²) in [6.07, 6.45) is 0. The Morgan fingerprint density at radius 2 is 2.11 bits per heavy atom. The summed E-state index contributed by atoms with van der Waals surface area (Å²) >= 11 is 1.26. The molecule has 2 heterocycles. The third kappa shape index (κ3) is 3.73. The number of methoxy groups -OCH3 is 1. The lowest BCUT2D eigenvalue weighted by atomic mass is 10.3. The molecule has 0 radical (unpaired) electrons. The normalized spacial score (nSPS) is 17.8. The van der Waals surface area contributed by atoms with Gasteiger partial charge in [-0.2, -0.15) is 0 Å². The van der Waals surface area contributed by atoms with Gasteiger partial charge in [-0.1, -0.05) is 0 Å². The Labute approximate surface area is 116 Å². The number of hydrogen-bond acceptors (Lipinski definition) is 6. The van der Waals surface area contributed by atoms with Gasteiger partial charge in [0.1, 0.15) is 9.88 Å². The molecule has 2 rings (SSSR count). The zero-order chi connectivity index (χ0) is 13.8. The Bertz CT molecular complexity index is 441. The van der Waals surface area contributed by atoms with Crippen LogP contribution in [-0.4, -0.2) is 66.2 Å². The van der Waals surface area contributed by atoms with Crippen LogP contribution < -0.4 is 0 Å². The first kappa shape index (κ1) is 14.4. The lowest BCUT2D eigenvalue weighted by molar-refractivity contribution is 0.0697. The van der Waals surface area contributed by atoms with E-state index in [4.69, 9.17) is 9.84 Å². The number of aromatic nitrogens is 1. The van der Waals surface area contributed by atoms with Gasteiger partial charge in [-0.05, 0) is 7.05 Å². The van der Waals surface area contributed by atoms with Gasteiger partial charge in [0.25, 0.3) is 0 Å². The van der Waals surface area contributed by atoms with Gasteiger partial charge in [0, 0.05) is 33.3 Å². The summed E-state index contributed by atoms with van der Waals surface area (Å²) in [7, 11) is 3.66. The van der Waals surface area contributed by atoms with Crippen LogP contribution in [-0.2, 0) is 17.9 Å². The molecular weight excluding hydrogens is 266 g/mol. The minimum atomic E-state index is -0.922. The van der Waals surface area contributed by atoms with Crippen molar-refractivity contribution < 1.29 is 14.6 Å². The van der Waals surface area contributed by atoms with Crippen molar-refractivity contribution in [1.82, 2.24) is 14.8 Å². The van der Waals surface area contributed by atoms with E-state index in [0.29, 0.717) is 10.6 Å². The first-order chi connectivity index (χ1) is 9.10. The topological polar surface area (TPSA) is 65.9 Å². The molecule has 1 aliphatic heterocycles. The second kappa shape index (κ2) is 6.42. The summed E-state index contributed by atoms with van der Waals surface area (Å²) < 4.78 is 5.00. The molecule has 0 bridgehead atoms. The van der Waals surface area contributed by atoms with Crippen LogP contribution in [0.25, 0.3) is 0 Å². The van der Waals surface area contributed by atoms with E-state index in [2.05, 4.69) is 21.8 Å². The van der Waals surface area contributed by atoms with Gasteiger partial charge in [0.15, 0.2) is 0 Å². The summed E-state index contributed by atoms with van der Waals surface area (Å²) in [5, 5.41) is 10.00. The highest BCUT2D eigenvalue weighted by Gasteiger charge is 2.20. The maximum absolute atomic E-state index is 11.1. The van der Waals surface area contributed by atoms with Crippen LogP contribution in [0.3, 0.4) is 0 Å². The third-order valence-electron chi connectivity index (χ3n) is 3.17. The molecule has 1 aromatic heterocycles. The molecule has 1 fully saturated rings. The lowest BCUT2D eigenvalue weighted by Crippen LogP contribution is -2.43. The van der Waals surface area contributed by atoms with Crippen LogP contribution in [0.5, 0.6) is 0 Å². The van der Waals surface area contributed by atoms with E-state index in [9.17, 15) is 4.79 Å². The molecule has 0 aromatic carbocycles. The molecule has 0 atom stereocenters. The molecule has 7 heteroatoms. The summed E-state index contributed by atoms with van der Waals surface area (Å²) in [5.74, 6) is -0.922. The highest BCUT2D eigenvalue weighted by molar-refractivity contribution is 7.13. The number of likely N-dealkylation sites (N-methyl/N-ethyl adjacent to an activating group) is 1. The number of rotatable bonds is 5. The van der Waals surface area contributed by atoms with Crippen molar-refractivity contribution in [1.29, 1.82) is 0 Å². The van der Waals surface area contributed by atoms with Crippen molar-refractivity contribution in [3.63, 3.8) is 0 Å². The van der Waals surface area contributed by atoms with Gasteiger partial charge in [-0.25, -0.2) is 9.78 Å². The Hall–Kier alpha value is -1.02. The van der Waals surface area contributed by atoms with Crippen molar-refractivity contribution in [2.45, 2.75) is 13.2 Å².